The van der Waals surface area contributed by atoms with Gasteiger partial charge >= 0.3 is 0 Å². The molecule has 29 heavy (non-hydrogen) atoms. The summed E-state index contributed by atoms with van der Waals surface area (Å²) in [7, 11) is 0. The van der Waals surface area contributed by atoms with Crippen LogP contribution < -0.4 is 0 Å². The first-order valence-electron chi connectivity index (χ1n) is 10.7. The number of hydrogen-bond donors (Lipinski definition) is 0. The van der Waals surface area contributed by atoms with Crippen molar-refractivity contribution in [2.45, 2.75) is 51.2 Å². The van der Waals surface area contributed by atoms with Crippen molar-refractivity contribution in [1.29, 1.82) is 0 Å². The molecule has 2 aliphatic heterocycles. The minimum Gasteiger partial charge on any atom is -0.339 e. The number of amides is 1. The maximum absolute atomic E-state index is 12.9. The summed E-state index contributed by atoms with van der Waals surface area (Å²) < 4.78 is 0. The van der Waals surface area contributed by atoms with Crippen molar-refractivity contribution < 1.29 is 4.79 Å². The zero-order chi connectivity index (χ0) is 19.8. The summed E-state index contributed by atoms with van der Waals surface area (Å²) in [5.74, 6) is 0.273. The third kappa shape index (κ3) is 3.93. The lowest BCUT2D eigenvalue weighted by Gasteiger charge is -2.47. The highest BCUT2D eigenvalue weighted by Gasteiger charge is 2.34. The molecule has 1 unspecified atom stereocenters. The summed E-state index contributed by atoms with van der Waals surface area (Å²) in [5, 5.41) is 0.977. The van der Waals surface area contributed by atoms with Crippen LogP contribution in [0.5, 0.6) is 0 Å². The summed E-state index contributed by atoms with van der Waals surface area (Å²) in [6.07, 6.45) is 10.1. The van der Waals surface area contributed by atoms with E-state index >= 15 is 0 Å². The Hall–Kier alpha value is -1.90. The van der Waals surface area contributed by atoms with Gasteiger partial charge in [0.05, 0.1) is 12.2 Å². The van der Waals surface area contributed by atoms with Crippen LogP contribution in [0.1, 0.15) is 36.8 Å². The predicted molar refractivity (Wildman–Crippen MR) is 113 cm³/mol. The second kappa shape index (κ2) is 8.08. The summed E-state index contributed by atoms with van der Waals surface area (Å²) >= 11 is 1.70. The van der Waals surface area contributed by atoms with Crippen LogP contribution in [0.2, 0.25) is 0 Å². The summed E-state index contributed by atoms with van der Waals surface area (Å²) in [6, 6.07) is 1.24. The quantitative estimate of drug-likeness (QED) is 0.766. The standard InChI is InChI=1S/C21H28N6OS/c1-15-11-26(7-8-27(15)17-3-2-4-17)20(28)13-25-6-5-18-19(12-25)29-21(24-18)16-9-22-14-23-10-16/h9-10,14-15,17H,2-8,11-13H2,1H3. The molecule has 3 aliphatic rings. The maximum atomic E-state index is 12.9. The third-order valence-corrected chi connectivity index (χ3v) is 7.68. The van der Waals surface area contributed by atoms with Crippen LogP contribution in [0.15, 0.2) is 18.7 Å². The Kier molecular flexibility index (Phi) is 5.32. The van der Waals surface area contributed by atoms with Crippen molar-refractivity contribution in [1.82, 2.24) is 29.7 Å². The highest BCUT2D eigenvalue weighted by Crippen LogP contribution is 2.31. The Labute approximate surface area is 175 Å². The number of rotatable bonds is 4. The van der Waals surface area contributed by atoms with Gasteiger partial charge < -0.3 is 4.90 Å². The SMILES string of the molecule is CC1CN(C(=O)CN2CCc3nc(-c4cncnc4)sc3C2)CCN1C1CCC1. The molecule has 5 rings (SSSR count). The molecule has 4 heterocycles. The number of thiazole rings is 1. The minimum absolute atomic E-state index is 0.273. The number of fused-ring (bicyclic) bond motifs is 1. The molecular weight excluding hydrogens is 384 g/mol. The van der Waals surface area contributed by atoms with Crippen molar-refractivity contribution in [3.05, 3.63) is 29.3 Å². The Morgan fingerprint density at radius 1 is 1.21 bits per heavy atom. The molecule has 8 heteroatoms. The normalized spacial score (nSPS) is 23.6. The van der Waals surface area contributed by atoms with Gasteiger partial charge in [0.15, 0.2) is 0 Å². The highest BCUT2D eigenvalue weighted by atomic mass is 32.1. The first kappa shape index (κ1) is 19.1. The van der Waals surface area contributed by atoms with Crippen molar-refractivity contribution in [3.63, 3.8) is 0 Å². The highest BCUT2D eigenvalue weighted by molar-refractivity contribution is 7.15. The van der Waals surface area contributed by atoms with E-state index in [9.17, 15) is 4.79 Å². The van der Waals surface area contributed by atoms with Gasteiger partial charge in [-0.25, -0.2) is 15.0 Å². The van der Waals surface area contributed by atoms with Crippen molar-refractivity contribution >= 4 is 17.2 Å². The largest absolute Gasteiger partial charge is 0.339 e. The van der Waals surface area contributed by atoms with Gasteiger partial charge in [0.2, 0.25) is 5.91 Å². The molecule has 0 N–H and O–H groups in total. The molecule has 0 aromatic carbocycles. The number of hydrogen-bond acceptors (Lipinski definition) is 7. The van der Waals surface area contributed by atoms with E-state index in [1.807, 2.05) is 12.4 Å². The van der Waals surface area contributed by atoms with E-state index in [2.05, 4.69) is 31.6 Å². The van der Waals surface area contributed by atoms with Crippen molar-refractivity contribution in [3.8, 4) is 10.6 Å². The fourth-order valence-electron chi connectivity index (χ4n) is 4.67. The molecular formula is C21H28N6OS. The molecule has 0 bridgehead atoms. The van der Waals surface area contributed by atoms with E-state index in [0.29, 0.717) is 12.6 Å². The molecule has 0 spiro atoms. The van der Waals surface area contributed by atoms with Gasteiger partial charge in [-0.3, -0.25) is 14.6 Å². The molecule has 2 fully saturated rings. The number of nitrogens with zero attached hydrogens (tertiary/aromatic N) is 6. The zero-order valence-electron chi connectivity index (χ0n) is 17.0. The molecule has 1 amide bonds. The van der Waals surface area contributed by atoms with Crippen molar-refractivity contribution in [2.24, 2.45) is 0 Å². The Bertz CT molecular complexity index is 867. The molecule has 7 nitrogen and oxygen atoms in total. The van der Waals surface area contributed by atoms with E-state index < -0.39 is 0 Å². The molecule has 1 saturated carbocycles. The third-order valence-electron chi connectivity index (χ3n) is 6.55. The molecule has 0 radical (unpaired) electrons. The second-order valence-electron chi connectivity index (χ2n) is 8.49. The van der Waals surface area contributed by atoms with E-state index in [1.165, 1.54) is 36.2 Å². The van der Waals surface area contributed by atoms with Crippen LogP contribution in [0, 0.1) is 0 Å². The van der Waals surface area contributed by atoms with Crippen LogP contribution in [-0.2, 0) is 17.8 Å². The smallest absolute Gasteiger partial charge is 0.236 e. The summed E-state index contributed by atoms with van der Waals surface area (Å²) in [5.41, 5.74) is 2.13. The van der Waals surface area contributed by atoms with Gasteiger partial charge in [0.25, 0.3) is 0 Å². The Morgan fingerprint density at radius 3 is 2.76 bits per heavy atom. The first-order chi connectivity index (χ1) is 14.2. The zero-order valence-corrected chi connectivity index (χ0v) is 17.8. The van der Waals surface area contributed by atoms with Crippen LogP contribution in [-0.4, -0.2) is 80.4 Å². The Morgan fingerprint density at radius 2 is 2.03 bits per heavy atom. The molecule has 1 aliphatic carbocycles. The minimum atomic E-state index is 0.273. The maximum Gasteiger partial charge on any atom is 0.236 e. The van der Waals surface area contributed by atoms with Gasteiger partial charge in [-0.2, -0.15) is 0 Å². The molecule has 2 aromatic rings. The lowest BCUT2D eigenvalue weighted by molar-refractivity contribution is -0.136. The van der Waals surface area contributed by atoms with Gasteiger partial charge in [0, 0.05) is 74.1 Å². The van der Waals surface area contributed by atoms with E-state index in [-0.39, 0.29) is 5.91 Å². The molecule has 1 atom stereocenters. The fraction of sp³-hybridized carbons (Fsp3) is 0.619. The van der Waals surface area contributed by atoms with Gasteiger partial charge in [-0.1, -0.05) is 6.42 Å². The molecule has 154 valence electrons. The van der Waals surface area contributed by atoms with Crippen molar-refractivity contribution in [2.75, 3.05) is 32.7 Å². The summed E-state index contributed by atoms with van der Waals surface area (Å²) in [4.78, 5) is 34.2. The van der Waals surface area contributed by atoms with E-state index in [0.717, 1.165) is 55.8 Å². The average Bonchev–Trinajstić information content (AvgIpc) is 3.12. The number of piperazine rings is 1. The molecule has 2 aromatic heterocycles. The number of aromatic nitrogens is 3. The Balaban J connectivity index is 1.18. The summed E-state index contributed by atoms with van der Waals surface area (Å²) in [6.45, 7) is 7.26. The molecule has 1 saturated heterocycles. The fourth-order valence-corrected chi connectivity index (χ4v) is 5.79. The number of carbonyl (C=O) groups excluding carboxylic acids is 1. The topological polar surface area (TPSA) is 65.5 Å². The van der Waals surface area contributed by atoms with Gasteiger partial charge in [-0.15, -0.1) is 11.3 Å². The van der Waals surface area contributed by atoms with Gasteiger partial charge in [-0.05, 0) is 19.8 Å². The van der Waals surface area contributed by atoms with Crippen LogP contribution >= 0.6 is 11.3 Å². The number of carbonyl (C=O) groups is 1. The average molecular weight is 413 g/mol. The lowest BCUT2D eigenvalue weighted by atomic mass is 9.90. The van der Waals surface area contributed by atoms with Gasteiger partial charge in [0.1, 0.15) is 11.3 Å². The van der Waals surface area contributed by atoms with E-state index in [1.54, 1.807) is 11.3 Å². The van der Waals surface area contributed by atoms with Crippen LogP contribution in [0.3, 0.4) is 0 Å². The van der Waals surface area contributed by atoms with E-state index in [4.69, 9.17) is 4.98 Å². The lowest BCUT2D eigenvalue weighted by Crippen LogP contribution is -2.59. The van der Waals surface area contributed by atoms with Crippen LogP contribution in [0.4, 0.5) is 0 Å². The monoisotopic (exact) mass is 412 g/mol. The predicted octanol–water partition coefficient (Wildman–Crippen LogP) is 2.04. The van der Waals surface area contributed by atoms with Crippen LogP contribution in [0.25, 0.3) is 10.6 Å². The first-order valence-corrected chi connectivity index (χ1v) is 11.5. The second-order valence-corrected chi connectivity index (χ2v) is 9.57.